The summed E-state index contributed by atoms with van der Waals surface area (Å²) in [6.07, 6.45) is 4.40. The maximum atomic E-state index is 12.6. The summed E-state index contributed by atoms with van der Waals surface area (Å²) in [6, 6.07) is 0.0784. The predicted octanol–water partition coefficient (Wildman–Crippen LogP) is 1.15. The van der Waals surface area contributed by atoms with E-state index < -0.39 is 5.97 Å². The molecule has 3 heterocycles. The van der Waals surface area contributed by atoms with Gasteiger partial charge in [0, 0.05) is 32.3 Å². The first-order valence-corrected chi connectivity index (χ1v) is 7.44. The van der Waals surface area contributed by atoms with Gasteiger partial charge in [0.15, 0.2) is 0 Å². The number of rotatable bonds is 2. The third-order valence-corrected chi connectivity index (χ3v) is 5.12. The Labute approximate surface area is 118 Å². The number of urea groups is 1. The first-order chi connectivity index (χ1) is 9.61. The van der Waals surface area contributed by atoms with Crippen LogP contribution in [0.3, 0.4) is 0 Å². The monoisotopic (exact) mass is 282 g/mol. The smallest absolute Gasteiger partial charge is 0.320 e. The van der Waals surface area contributed by atoms with Crippen molar-refractivity contribution in [2.45, 2.75) is 50.3 Å². The summed E-state index contributed by atoms with van der Waals surface area (Å²) in [5.74, 6) is -1.12. The molecule has 6 nitrogen and oxygen atoms in total. The van der Waals surface area contributed by atoms with E-state index in [1.807, 2.05) is 9.80 Å². The Morgan fingerprint density at radius 2 is 1.85 bits per heavy atom. The predicted molar refractivity (Wildman–Crippen MR) is 71.4 cm³/mol. The number of methoxy groups -OCH3 is 1. The average molecular weight is 282 g/mol. The van der Waals surface area contributed by atoms with E-state index in [0.717, 1.165) is 25.7 Å². The summed E-state index contributed by atoms with van der Waals surface area (Å²) in [6.45, 7) is 1.43. The van der Waals surface area contributed by atoms with Gasteiger partial charge < -0.3 is 19.6 Å². The number of carboxylic acid groups (broad SMARTS) is 1. The molecule has 0 spiro atoms. The van der Waals surface area contributed by atoms with E-state index in [0.29, 0.717) is 19.5 Å². The highest BCUT2D eigenvalue weighted by molar-refractivity contribution is 5.79. The number of hydrogen-bond donors (Lipinski definition) is 1. The number of likely N-dealkylation sites (tertiary alicyclic amines) is 1. The zero-order valence-electron chi connectivity index (χ0n) is 11.8. The molecule has 3 unspecified atom stereocenters. The second-order valence-electron chi connectivity index (χ2n) is 6.09. The van der Waals surface area contributed by atoms with Crippen LogP contribution in [0, 0.1) is 5.92 Å². The topological polar surface area (TPSA) is 70.1 Å². The lowest BCUT2D eigenvalue weighted by atomic mass is 9.89. The maximum absolute atomic E-state index is 12.6. The van der Waals surface area contributed by atoms with Crippen LogP contribution in [0.15, 0.2) is 0 Å². The summed E-state index contributed by atoms with van der Waals surface area (Å²) in [7, 11) is 1.71. The van der Waals surface area contributed by atoms with Gasteiger partial charge in [0.25, 0.3) is 0 Å². The van der Waals surface area contributed by atoms with Gasteiger partial charge in [-0.25, -0.2) is 4.79 Å². The van der Waals surface area contributed by atoms with Crippen molar-refractivity contribution in [1.82, 2.24) is 9.80 Å². The number of fused-ring (bicyclic) bond motifs is 2. The number of ether oxygens (including phenoxy) is 1. The Bertz CT molecular complexity index is 406. The van der Waals surface area contributed by atoms with Crippen molar-refractivity contribution in [1.29, 1.82) is 0 Å². The van der Waals surface area contributed by atoms with E-state index in [1.165, 1.54) is 0 Å². The number of piperidine rings is 1. The maximum Gasteiger partial charge on any atom is 0.320 e. The molecule has 3 rings (SSSR count). The van der Waals surface area contributed by atoms with Crippen LogP contribution in [0.5, 0.6) is 0 Å². The van der Waals surface area contributed by atoms with E-state index in [2.05, 4.69) is 0 Å². The van der Waals surface area contributed by atoms with Crippen LogP contribution < -0.4 is 0 Å². The Hall–Kier alpha value is -1.30. The fraction of sp³-hybridized carbons (Fsp3) is 0.857. The highest BCUT2D eigenvalue weighted by atomic mass is 16.5. The minimum absolute atomic E-state index is 0.0378. The summed E-state index contributed by atoms with van der Waals surface area (Å²) in [4.78, 5) is 27.6. The third kappa shape index (κ3) is 2.16. The van der Waals surface area contributed by atoms with Gasteiger partial charge in [-0.3, -0.25) is 4.79 Å². The van der Waals surface area contributed by atoms with E-state index in [4.69, 9.17) is 4.74 Å². The molecule has 3 aliphatic rings. The third-order valence-electron chi connectivity index (χ3n) is 5.12. The van der Waals surface area contributed by atoms with Crippen molar-refractivity contribution in [3.8, 4) is 0 Å². The number of carbonyl (C=O) groups excluding carboxylic acids is 1. The van der Waals surface area contributed by atoms with Crippen LogP contribution in [0.4, 0.5) is 4.79 Å². The average Bonchev–Trinajstić information content (AvgIpc) is 3.04. The molecule has 1 N–H and O–H groups in total. The molecular formula is C14H22N2O4. The van der Waals surface area contributed by atoms with Gasteiger partial charge in [-0.1, -0.05) is 0 Å². The van der Waals surface area contributed by atoms with E-state index in [1.54, 1.807) is 7.11 Å². The number of aliphatic carboxylic acids is 1. The quantitative estimate of drug-likeness (QED) is 0.825. The Morgan fingerprint density at radius 1 is 1.15 bits per heavy atom. The summed E-state index contributed by atoms with van der Waals surface area (Å²) >= 11 is 0. The number of carboxylic acids is 1. The SMILES string of the molecule is COC1CCN(C(=O)N2C3CCC2C(C(=O)O)C3)CC1. The molecule has 0 aromatic carbocycles. The molecule has 20 heavy (non-hydrogen) atoms. The van der Waals surface area contributed by atoms with Crippen molar-refractivity contribution in [3.63, 3.8) is 0 Å². The zero-order chi connectivity index (χ0) is 14.3. The summed E-state index contributed by atoms with van der Waals surface area (Å²) < 4.78 is 5.32. The number of carbonyl (C=O) groups is 2. The lowest BCUT2D eigenvalue weighted by Crippen LogP contribution is -2.50. The van der Waals surface area contributed by atoms with Gasteiger partial charge in [-0.05, 0) is 32.1 Å². The summed E-state index contributed by atoms with van der Waals surface area (Å²) in [5, 5.41) is 9.24. The molecule has 0 saturated carbocycles. The molecule has 0 aromatic rings. The fourth-order valence-corrected chi connectivity index (χ4v) is 4.00. The van der Waals surface area contributed by atoms with Gasteiger partial charge in [0.1, 0.15) is 0 Å². The van der Waals surface area contributed by atoms with E-state index in [9.17, 15) is 14.7 Å². The standard InChI is InChI=1S/C14H22N2O4/c1-20-10-4-6-15(7-5-10)14(19)16-9-2-3-12(16)11(8-9)13(17)18/h9-12H,2-8H2,1H3,(H,17,18). The van der Waals surface area contributed by atoms with Crippen LogP contribution in [0.25, 0.3) is 0 Å². The zero-order valence-corrected chi connectivity index (χ0v) is 11.8. The lowest BCUT2D eigenvalue weighted by Gasteiger charge is -2.35. The fourth-order valence-electron chi connectivity index (χ4n) is 4.00. The molecule has 112 valence electrons. The van der Waals surface area contributed by atoms with E-state index >= 15 is 0 Å². The van der Waals surface area contributed by atoms with Crippen LogP contribution in [-0.2, 0) is 9.53 Å². The Balaban J connectivity index is 1.65. The van der Waals surface area contributed by atoms with Gasteiger partial charge in [0.05, 0.1) is 12.0 Å². The first kappa shape index (κ1) is 13.7. The number of nitrogens with zero attached hydrogens (tertiary/aromatic N) is 2. The Kier molecular flexibility index (Phi) is 3.58. The van der Waals surface area contributed by atoms with Gasteiger partial charge in [0.2, 0.25) is 0 Å². The van der Waals surface area contributed by atoms with Crippen molar-refractivity contribution >= 4 is 12.0 Å². The summed E-state index contributed by atoms with van der Waals surface area (Å²) in [5.41, 5.74) is 0. The number of amides is 2. The van der Waals surface area contributed by atoms with Gasteiger partial charge >= 0.3 is 12.0 Å². The minimum atomic E-state index is -0.756. The molecule has 3 aliphatic heterocycles. The van der Waals surface area contributed by atoms with Gasteiger partial charge in [-0.2, -0.15) is 0 Å². The normalized spacial score (nSPS) is 33.8. The minimum Gasteiger partial charge on any atom is -0.481 e. The highest BCUT2D eigenvalue weighted by Crippen LogP contribution is 2.42. The molecule has 0 radical (unpaired) electrons. The molecule has 2 bridgehead atoms. The molecule has 3 fully saturated rings. The van der Waals surface area contributed by atoms with Crippen molar-refractivity contribution < 1.29 is 19.4 Å². The second kappa shape index (κ2) is 5.24. The van der Waals surface area contributed by atoms with Crippen LogP contribution in [0.2, 0.25) is 0 Å². The first-order valence-electron chi connectivity index (χ1n) is 7.44. The molecule has 2 amide bonds. The van der Waals surface area contributed by atoms with Crippen LogP contribution in [0.1, 0.15) is 32.1 Å². The molecule has 6 heteroatoms. The molecule has 0 aliphatic carbocycles. The number of hydrogen-bond acceptors (Lipinski definition) is 3. The molecular weight excluding hydrogens is 260 g/mol. The van der Waals surface area contributed by atoms with Crippen LogP contribution >= 0.6 is 0 Å². The molecule has 3 saturated heterocycles. The lowest BCUT2D eigenvalue weighted by molar-refractivity contribution is -0.142. The van der Waals surface area contributed by atoms with E-state index in [-0.39, 0.29) is 30.1 Å². The van der Waals surface area contributed by atoms with Crippen molar-refractivity contribution in [2.24, 2.45) is 5.92 Å². The van der Waals surface area contributed by atoms with Crippen LogP contribution in [-0.4, -0.2) is 65.3 Å². The molecule has 3 atom stereocenters. The second-order valence-corrected chi connectivity index (χ2v) is 6.09. The van der Waals surface area contributed by atoms with Gasteiger partial charge in [-0.15, -0.1) is 0 Å². The molecule has 0 aromatic heterocycles. The largest absolute Gasteiger partial charge is 0.481 e. The highest BCUT2D eigenvalue weighted by Gasteiger charge is 2.52. The van der Waals surface area contributed by atoms with Crippen molar-refractivity contribution in [3.05, 3.63) is 0 Å². The van der Waals surface area contributed by atoms with Crippen molar-refractivity contribution in [2.75, 3.05) is 20.2 Å². The Morgan fingerprint density at radius 3 is 2.40 bits per heavy atom.